The van der Waals surface area contributed by atoms with Gasteiger partial charge in [-0.25, -0.2) is 13.4 Å². The van der Waals surface area contributed by atoms with Gasteiger partial charge < -0.3 is 21.1 Å². The summed E-state index contributed by atoms with van der Waals surface area (Å²) >= 11 is 5.88. The van der Waals surface area contributed by atoms with Gasteiger partial charge in [0.2, 0.25) is 11.8 Å². The van der Waals surface area contributed by atoms with Crippen LogP contribution in [0.4, 0.5) is 0 Å². The van der Waals surface area contributed by atoms with Crippen LogP contribution < -0.4 is 16.0 Å². The highest BCUT2D eigenvalue weighted by molar-refractivity contribution is 7.92. The zero-order chi connectivity index (χ0) is 36.1. The first-order chi connectivity index (χ1) is 22.9. The fourth-order valence-electron chi connectivity index (χ4n) is 6.91. The zero-order valence-corrected chi connectivity index (χ0v) is 31.0. The van der Waals surface area contributed by atoms with Gasteiger partial charge in [-0.15, -0.1) is 0 Å². The summed E-state index contributed by atoms with van der Waals surface area (Å²) in [4.78, 5) is 47.0. The molecule has 270 valence electrons. The number of rotatable bonds is 12. The van der Waals surface area contributed by atoms with Gasteiger partial charge in [-0.2, -0.15) is 0 Å². The summed E-state index contributed by atoms with van der Waals surface area (Å²) < 4.78 is 24.3. The minimum Gasteiger partial charge on any atom is -0.390 e. The van der Waals surface area contributed by atoms with Gasteiger partial charge in [0.25, 0.3) is 5.91 Å². The van der Waals surface area contributed by atoms with E-state index >= 15 is 0 Å². The van der Waals surface area contributed by atoms with Crippen molar-refractivity contribution in [3.05, 3.63) is 64.9 Å². The molecule has 1 saturated carbocycles. The second-order valence-corrected chi connectivity index (χ2v) is 18.3. The van der Waals surface area contributed by atoms with E-state index in [1.165, 1.54) is 32.2 Å². The van der Waals surface area contributed by atoms with Gasteiger partial charge in [0.1, 0.15) is 11.2 Å². The maximum Gasteiger partial charge on any atom is 0.253 e. The van der Waals surface area contributed by atoms with Crippen molar-refractivity contribution in [2.45, 2.75) is 108 Å². The molecule has 0 spiro atoms. The van der Waals surface area contributed by atoms with Crippen LogP contribution in [0.5, 0.6) is 0 Å². The van der Waals surface area contributed by atoms with E-state index in [0.717, 1.165) is 37.5 Å². The van der Waals surface area contributed by atoms with Crippen LogP contribution in [0.25, 0.3) is 0 Å². The summed E-state index contributed by atoms with van der Waals surface area (Å²) in [6.07, 6.45) is 6.49. The van der Waals surface area contributed by atoms with Crippen molar-refractivity contribution in [1.82, 2.24) is 25.8 Å². The van der Waals surface area contributed by atoms with Gasteiger partial charge in [-0.3, -0.25) is 19.3 Å². The number of aromatic nitrogens is 1. The quantitative estimate of drug-likeness (QED) is 0.243. The average Bonchev–Trinajstić information content (AvgIpc) is 3.02. The van der Waals surface area contributed by atoms with Gasteiger partial charge in [0.05, 0.1) is 28.5 Å². The minimum atomic E-state index is -3.89. The van der Waals surface area contributed by atoms with Crippen molar-refractivity contribution in [2.75, 3.05) is 19.3 Å². The van der Waals surface area contributed by atoms with Crippen LogP contribution in [-0.4, -0.2) is 95.0 Å². The highest BCUT2D eigenvalue weighted by Gasteiger charge is 2.46. The highest BCUT2D eigenvalue weighted by atomic mass is 35.5. The van der Waals surface area contributed by atoms with Gasteiger partial charge >= 0.3 is 0 Å². The maximum absolute atomic E-state index is 14.2. The third-order valence-electron chi connectivity index (χ3n) is 9.99. The molecule has 0 bridgehead atoms. The Morgan fingerprint density at radius 2 is 1.65 bits per heavy atom. The predicted octanol–water partition coefficient (Wildman–Crippen LogP) is 3.54. The van der Waals surface area contributed by atoms with Crippen LogP contribution in [0.15, 0.2) is 48.7 Å². The highest BCUT2D eigenvalue weighted by Crippen LogP contribution is 2.39. The Kier molecular flexibility index (Phi) is 12.5. The third-order valence-corrected chi connectivity index (χ3v) is 12.4. The monoisotopic (exact) mass is 717 g/mol. The molecule has 49 heavy (non-hydrogen) atoms. The molecule has 6 atom stereocenters. The van der Waals surface area contributed by atoms with Crippen molar-refractivity contribution >= 4 is 39.2 Å². The van der Waals surface area contributed by atoms with Gasteiger partial charge in [0, 0.05) is 31.1 Å². The summed E-state index contributed by atoms with van der Waals surface area (Å²) in [5.41, 5.74) is 0.510. The molecule has 1 aromatic carbocycles. The van der Waals surface area contributed by atoms with E-state index in [4.69, 9.17) is 11.6 Å². The Balaban J connectivity index is 1.63. The van der Waals surface area contributed by atoms with E-state index in [1.807, 2.05) is 51.1 Å². The summed E-state index contributed by atoms with van der Waals surface area (Å²) in [6.45, 7) is 9.36. The second-order valence-electron chi connectivity index (χ2n) is 15.3. The molecular weight excluding hydrogens is 666 g/mol. The Morgan fingerprint density at radius 1 is 1.00 bits per heavy atom. The Morgan fingerprint density at radius 3 is 2.24 bits per heavy atom. The molecule has 4 N–H and O–H groups in total. The number of amides is 3. The van der Waals surface area contributed by atoms with Crippen molar-refractivity contribution < 1.29 is 27.9 Å². The standard InChI is InChI=1S/C36H52ClN5O6S/c1-35(2,3)41-33(45)28-19-24-14-10-11-15-26(24)21-42(28)22-29(43)27(18-23-12-8-7-9-13-23)39-34(46)31(36(4,5)49(6,47)48)40-32(44)25-16-17-30(37)38-20-25/h7-9,12-13,16-17,20,24,26-29,31,43H,10-11,14-15,18-19,21-22H2,1-6H3,(H,39,46)(H,40,44)(H,41,45)/t24?,26?,27-,28-,29+,31+/m0/s1. The zero-order valence-electron chi connectivity index (χ0n) is 29.4. The second kappa shape index (κ2) is 15.9. The van der Waals surface area contributed by atoms with E-state index in [2.05, 4.69) is 25.8 Å². The molecule has 4 rings (SSSR count). The van der Waals surface area contributed by atoms with Crippen LogP contribution in [0.1, 0.15) is 82.6 Å². The summed E-state index contributed by atoms with van der Waals surface area (Å²) in [7, 11) is -3.89. The van der Waals surface area contributed by atoms with Crippen LogP contribution in [-0.2, 0) is 25.8 Å². The van der Waals surface area contributed by atoms with Crippen LogP contribution in [0.2, 0.25) is 5.15 Å². The lowest BCUT2D eigenvalue weighted by molar-refractivity contribution is -0.133. The molecule has 1 aliphatic carbocycles. The van der Waals surface area contributed by atoms with Crippen molar-refractivity contribution in [3.63, 3.8) is 0 Å². The number of aliphatic hydroxyl groups excluding tert-OH is 1. The Hall–Kier alpha value is -3.06. The largest absolute Gasteiger partial charge is 0.390 e. The molecule has 2 fully saturated rings. The number of sulfone groups is 1. The SMILES string of the molecule is CC(C)(C)NC(=O)[C@@H]1CC2CCCCC2CN1C[C@@H](O)[C@H](Cc1ccccc1)NC(=O)[C@@H](NC(=O)c1ccc(Cl)nc1)C(C)(C)S(C)(=O)=O. The van der Waals surface area contributed by atoms with Crippen molar-refractivity contribution in [3.8, 4) is 0 Å². The number of fused-ring (bicyclic) bond motifs is 1. The van der Waals surface area contributed by atoms with Crippen molar-refractivity contribution in [1.29, 1.82) is 0 Å². The number of likely N-dealkylation sites (tertiary alicyclic amines) is 1. The lowest BCUT2D eigenvalue weighted by atomic mass is 9.72. The van der Waals surface area contributed by atoms with Crippen LogP contribution in [0.3, 0.4) is 0 Å². The number of aliphatic hydroxyl groups is 1. The normalized spacial score (nSPS) is 22.2. The number of carbonyl (C=O) groups is 3. The first kappa shape index (κ1) is 38.7. The minimum absolute atomic E-state index is 0.0817. The lowest BCUT2D eigenvalue weighted by Crippen LogP contribution is -2.64. The number of hydrogen-bond donors (Lipinski definition) is 4. The first-order valence-corrected chi connectivity index (χ1v) is 19.3. The molecule has 11 nitrogen and oxygen atoms in total. The lowest BCUT2D eigenvalue weighted by Gasteiger charge is -2.47. The average molecular weight is 718 g/mol. The van der Waals surface area contributed by atoms with Crippen LogP contribution >= 0.6 is 11.6 Å². The summed E-state index contributed by atoms with van der Waals surface area (Å²) in [5, 5.41) is 20.7. The van der Waals surface area contributed by atoms with Gasteiger partial charge in [-0.1, -0.05) is 61.2 Å². The molecule has 2 heterocycles. The number of hydrogen-bond acceptors (Lipinski definition) is 8. The fraction of sp³-hybridized carbons (Fsp3) is 0.611. The topological polar surface area (TPSA) is 158 Å². The first-order valence-electron chi connectivity index (χ1n) is 17.1. The molecule has 0 radical (unpaired) electrons. The molecule has 13 heteroatoms. The summed E-state index contributed by atoms with van der Waals surface area (Å²) in [5.74, 6) is -0.694. The van der Waals surface area contributed by atoms with Crippen LogP contribution in [0, 0.1) is 11.8 Å². The van der Waals surface area contributed by atoms with Gasteiger partial charge in [-0.05, 0) is 83.4 Å². The molecule has 1 saturated heterocycles. The number of nitrogens with zero attached hydrogens (tertiary/aromatic N) is 2. The van der Waals surface area contributed by atoms with Crippen molar-refractivity contribution in [2.24, 2.45) is 11.8 Å². The number of nitrogens with one attached hydrogen (secondary N) is 3. The van der Waals surface area contributed by atoms with E-state index in [-0.39, 0.29) is 29.6 Å². The molecule has 1 aromatic heterocycles. The Bertz CT molecular complexity index is 1560. The Labute approximate surface area is 295 Å². The van der Waals surface area contributed by atoms with E-state index in [0.29, 0.717) is 24.8 Å². The van der Waals surface area contributed by atoms with Gasteiger partial charge in [0.15, 0.2) is 9.84 Å². The summed E-state index contributed by atoms with van der Waals surface area (Å²) in [6, 6.07) is 9.35. The predicted molar refractivity (Wildman–Crippen MR) is 191 cm³/mol. The molecule has 3 amide bonds. The third kappa shape index (κ3) is 10.2. The molecule has 2 aliphatic rings. The fourth-order valence-corrected chi connectivity index (χ4v) is 7.61. The van der Waals surface area contributed by atoms with E-state index < -0.39 is 56.2 Å². The number of benzene rings is 1. The number of β-amino-alcohol motifs (C(OH)–C–C–N with tert-alkyl or cyclic N) is 1. The number of piperidine rings is 1. The molecule has 2 unspecified atom stereocenters. The molecule has 1 aliphatic heterocycles. The van der Waals surface area contributed by atoms with E-state index in [9.17, 15) is 27.9 Å². The number of halogens is 1. The molecule has 2 aromatic rings. The smallest absolute Gasteiger partial charge is 0.253 e. The number of carbonyl (C=O) groups excluding carboxylic acids is 3. The molecular formula is C36H52ClN5O6S. The maximum atomic E-state index is 14.2. The van der Waals surface area contributed by atoms with E-state index in [1.54, 1.807) is 0 Å². The number of pyridine rings is 1.